The number of hydrogen-bond donors (Lipinski definition) is 1. The van der Waals surface area contributed by atoms with Gasteiger partial charge in [0.15, 0.2) is 5.75 Å². The van der Waals surface area contributed by atoms with Crippen LogP contribution in [0.15, 0.2) is 36.4 Å². The van der Waals surface area contributed by atoms with Gasteiger partial charge in [0.05, 0.1) is 27.8 Å². The molecule has 0 spiro atoms. The number of benzene rings is 2. The Morgan fingerprint density at radius 2 is 2.05 bits per heavy atom. The number of nitrogens with zero attached hydrogens (tertiary/aromatic N) is 1. The number of nitro groups is 1. The van der Waals surface area contributed by atoms with Crippen LogP contribution in [0, 0.1) is 10.1 Å². The minimum Gasteiger partial charge on any atom is -0.490 e. The molecule has 2 aromatic rings. The standard InChI is InChI=1S/C14H12Cl2N2O3/c1-21-13-6-5-9(7-12(13)18(19)20)8-17-11-4-2-3-10(15)14(11)16/h2-7,17H,8H2,1H3. The minimum absolute atomic E-state index is 0.0750. The minimum atomic E-state index is -0.477. The molecule has 0 amide bonds. The highest BCUT2D eigenvalue weighted by atomic mass is 35.5. The Morgan fingerprint density at radius 3 is 2.71 bits per heavy atom. The molecular formula is C14H12Cl2N2O3. The molecule has 0 saturated carbocycles. The quantitative estimate of drug-likeness (QED) is 0.648. The van der Waals surface area contributed by atoms with E-state index in [4.69, 9.17) is 27.9 Å². The second-order valence-corrected chi connectivity index (χ2v) is 5.00. The van der Waals surface area contributed by atoms with Crippen LogP contribution in [0.2, 0.25) is 10.0 Å². The topological polar surface area (TPSA) is 64.4 Å². The fourth-order valence-corrected chi connectivity index (χ4v) is 2.19. The van der Waals surface area contributed by atoms with Gasteiger partial charge in [-0.25, -0.2) is 0 Å². The lowest BCUT2D eigenvalue weighted by atomic mass is 10.2. The Labute approximate surface area is 131 Å². The predicted octanol–water partition coefficient (Wildman–Crippen LogP) is 4.52. The van der Waals surface area contributed by atoms with Crippen molar-refractivity contribution in [3.63, 3.8) is 0 Å². The summed E-state index contributed by atoms with van der Waals surface area (Å²) in [4.78, 5) is 10.5. The van der Waals surface area contributed by atoms with E-state index in [-0.39, 0.29) is 11.4 Å². The Morgan fingerprint density at radius 1 is 1.29 bits per heavy atom. The van der Waals surface area contributed by atoms with Crippen LogP contribution in [-0.2, 0) is 6.54 Å². The summed E-state index contributed by atoms with van der Waals surface area (Å²) in [7, 11) is 1.39. The average Bonchev–Trinajstić information content (AvgIpc) is 2.48. The summed E-state index contributed by atoms with van der Waals surface area (Å²) in [6.45, 7) is 0.380. The zero-order valence-electron chi connectivity index (χ0n) is 11.1. The molecule has 0 aliphatic heterocycles. The molecule has 5 nitrogen and oxygen atoms in total. The second-order valence-electron chi connectivity index (χ2n) is 4.22. The average molecular weight is 327 g/mol. The number of methoxy groups -OCH3 is 1. The highest BCUT2D eigenvalue weighted by Crippen LogP contribution is 2.31. The number of ether oxygens (including phenoxy) is 1. The third kappa shape index (κ3) is 3.56. The van der Waals surface area contributed by atoms with Gasteiger partial charge in [0.25, 0.3) is 0 Å². The highest BCUT2D eigenvalue weighted by Gasteiger charge is 2.15. The van der Waals surface area contributed by atoms with Crippen LogP contribution >= 0.6 is 23.2 Å². The van der Waals surface area contributed by atoms with Crippen LogP contribution in [0.3, 0.4) is 0 Å². The van der Waals surface area contributed by atoms with Crippen LogP contribution < -0.4 is 10.1 Å². The normalized spacial score (nSPS) is 10.2. The lowest BCUT2D eigenvalue weighted by Crippen LogP contribution is -2.02. The van der Waals surface area contributed by atoms with Gasteiger partial charge in [-0.05, 0) is 23.8 Å². The molecule has 0 unspecified atom stereocenters. The van der Waals surface area contributed by atoms with Crippen molar-refractivity contribution in [3.8, 4) is 5.75 Å². The molecule has 0 fully saturated rings. The summed E-state index contributed by atoms with van der Waals surface area (Å²) in [6, 6.07) is 10.0. The van der Waals surface area contributed by atoms with Gasteiger partial charge < -0.3 is 10.1 Å². The molecule has 0 heterocycles. The summed E-state index contributed by atoms with van der Waals surface area (Å²) >= 11 is 12.0. The summed E-state index contributed by atoms with van der Waals surface area (Å²) in [5, 5.41) is 14.9. The zero-order valence-corrected chi connectivity index (χ0v) is 12.6. The fraction of sp³-hybridized carbons (Fsp3) is 0.143. The van der Waals surface area contributed by atoms with E-state index in [1.54, 1.807) is 30.3 Å². The van der Waals surface area contributed by atoms with Crippen LogP contribution in [0.4, 0.5) is 11.4 Å². The highest BCUT2D eigenvalue weighted by molar-refractivity contribution is 6.43. The molecule has 0 saturated heterocycles. The maximum Gasteiger partial charge on any atom is 0.311 e. The monoisotopic (exact) mass is 326 g/mol. The molecule has 110 valence electrons. The van der Waals surface area contributed by atoms with Gasteiger partial charge in [-0.2, -0.15) is 0 Å². The maximum absolute atomic E-state index is 11.0. The van der Waals surface area contributed by atoms with Crippen LogP contribution in [-0.4, -0.2) is 12.0 Å². The van der Waals surface area contributed by atoms with Crippen molar-refractivity contribution in [2.75, 3.05) is 12.4 Å². The van der Waals surface area contributed by atoms with Crippen LogP contribution in [0.5, 0.6) is 5.75 Å². The molecule has 1 N–H and O–H groups in total. The summed E-state index contributed by atoms with van der Waals surface area (Å²) in [5.74, 6) is 0.226. The lowest BCUT2D eigenvalue weighted by molar-refractivity contribution is -0.385. The molecule has 7 heteroatoms. The van der Waals surface area contributed by atoms with E-state index >= 15 is 0 Å². The van der Waals surface area contributed by atoms with Crippen molar-refractivity contribution < 1.29 is 9.66 Å². The van der Waals surface area contributed by atoms with Crippen molar-refractivity contribution in [2.45, 2.75) is 6.54 Å². The number of halogens is 2. The first-order valence-corrected chi connectivity index (χ1v) is 6.77. The van der Waals surface area contributed by atoms with Crippen molar-refractivity contribution >= 4 is 34.6 Å². The molecule has 0 aliphatic rings. The van der Waals surface area contributed by atoms with Gasteiger partial charge >= 0.3 is 5.69 Å². The molecule has 0 atom stereocenters. The number of rotatable bonds is 5. The number of nitro benzene ring substituents is 1. The van der Waals surface area contributed by atoms with E-state index < -0.39 is 4.92 Å². The SMILES string of the molecule is COc1ccc(CNc2cccc(Cl)c2Cl)cc1[N+](=O)[O-]. The Bertz CT molecular complexity index is 677. The molecule has 0 aliphatic carbocycles. The lowest BCUT2D eigenvalue weighted by Gasteiger charge is -2.10. The van der Waals surface area contributed by atoms with Crippen molar-refractivity contribution in [2.24, 2.45) is 0 Å². The molecule has 2 rings (SSSR count). The first-order valence-electron chi connectivity index (χ1n) is 6.02. The van der Waals surface area contributed by atoms with Gasteiger partial charge in [0.2, 0.25) is 0 Å². The summed E-state index contributed by atoms with van der Waals surface area (Å²) in [5.41, 5.74) is 1.33. The van der Waals surface area contributed by atoms with Gasteiger partial charge in [0.1, 0.15) is 0 Å². The van der Waals surface area contributed by atoms with E-state index in [0.29, 0.717) is 22.3 Å². The number of nitrogens with one attached hydrogen (secondary N) is 1. The van der Waals surface area contributed by atoms with Crippen molar-refractivity contribution in [3.05, 3.63) is 62.1 Å². The third-order valence-corrected chi connectivity index (χ3v) is 3.69. The third-order valence-electron chi connectivity index (χ3n) is 2.87. The first-order chi connectivity index (χ1) is 10.0. The van der Waals surface area contributed by atoms with E-state index in [1.165, 1.54) is 13.2 Å². The molecule has 21 heavy (non-hydrogen) atoms. The molecular weight excluding hydrogens is 315 g/mol. The second kappa shape index (κ2) is 6.65. The van der Waals surface area contributed by atoms with Crippen LogP contribution in [0.1, 0.15) is 5.56 Å². The molecule has 0 radical (unpaired) electrons. The van der Waals surface area contributed by atoms with E-state index in [2.05, 4.69) is 5.32 Å². The Balaban J connectivity index is 2.19. The summed E-state index contributed by atoms with van der Waals surface area (Å²) < 4.78 is 4.96. The first kappa shape index (κ1) is 15.4. The smallest absolute Gasteiger partial charge is 0.311 e. The predicted molar refractivity (Wildman–Crippen MR) is 83.4 cm³/mol. The zero-order chi connectivity index (χ0) is 15.4. The van der Waals surface area contributed by atoms with E-state index in [0.717, 1.165) is 5.56 Å². The summed E-state index contributed by atoms with van der Waals surface area (Å²) in [6.07, 6.45) is 0. The van der Waals surface area contributed by atoms with Gasteiger partial charge in [-0.1, -0.05) is 35.3 Å². The molecule has 0 aromatic heterocycles. The Hall–Kier alpha value is -1.98. The maximum atomic E-state index is 11.0. The van der Waals surface area contributed by atoms with Gasteiger partial charge in [-0.15, -0.1) is 0 Å². The number of hydrogen-bond acceptors (Lipinski definition) is 4. The number of anilines is 1. The van der Waals surface area contributed by atoms with Gasteiger partial charge in [0, 0.05) is 12.6 Å². The van der Waals surface area contributed by atoms with E-state index in [1.807, 2.05) is 0 Å². The van der Waals surface area contributed by atoms with Crippen molar-refractivity contribution in [1.29, 1.82) is 0 Å². The molecule has 2 aromatic carbocycles. The van der Waals surface area contributed by atoms with Gasteiger partial charge in [-0.3, -0.25) is 10.1 Å². The van der Waals surface area contributed by atoms with Crippen molar-refractivity contribution in [1.82, 2.24) is 0 Å². The fourth-order valence-electron chi connectivity index (χ4n) is 1.83. The van der Waals surface area contributed by atoms with Crippen LogP contribution in [0.25, 0.3) is 0 Å². The molecule has 0 bridgehead atoms. The largest absolute Gasteiger partial charge is 0.490 e. The Kier molecular flexibility index (Phi) is 4.88. The van der Waals surface area contributed by atoms with E-state index in [9.17, 15) is 10.1 Å².